The first kappa shape index (κ1) is 9.85. The Kier molecular flexibility index (Phi) is 2.04. The largest absolute Gasteiger partial charge is 0.307 e. The van der Waals surface area contributed by atoms with E-state index in [0.29, 0.717) is 6.04 Å². The van der Waals surface area contributed by atoms with Crippen LogP contribution in [0.2, 0.25) is 0 Å². The van der Waals surface area contributed by atoms with E-state index in [4.69, 9.17) is 0 Å². The highest BCUT2D eigenvalue weighted by Gasteiger charge is 2.48. The second-order valence-corrected chi connectivity index (χ2v) is 4.89. The fourth-order valence-corrected chi connectivity index (χ4v) is 2.83. The highest BCUT2D eigenvalue weighted by atomic mass is 16.2. The monoisotopic (exact) mass is 216 g/mol. The molecule has 0 saturated carbocycles. The van der Waals surface area contributed by atoms with Crippen molar-refractivity contribution >= 4 is 11.6 Å². The van der Waals surface area contributed by atoms with Crippen molar-refractivity contribution in [2.75, 3.05) is 18.5 Å². The maximum Gasteiger partial charge on any atom is 0.244 e. The van der Waals surface area contributed by atoms with Crippen molar-refractivity contribution in [3.05, 3.63) is 29.8 Å². The van der Waals surface area contributed by atoms with Gasteiger partial charge < -0.3 is 4.90 Å². The fourth-order valence-electron chi connectivity index (χ4n) is 2.83. The molecule has 2 unspecified atom stereocenters. The molecule has 0 aromatic heterocycles. The Bertz CT molecular complexity index is 426. The highest BCUT2D eigenvalue weighted by Crippen LogP contribution is 2.34. The lowest BCUT2D eigenvalue weighted by molar-refractivity contribution is -0.122. The number of piperazine rings is 1. The third-order valence-corrected chi connectivity index (χ3v) is 3.73. The number of amides is 1. The highest BCUT2D eigenvalue weighted by molar-refractivity contribution is 6.01. The Morgan fingerprint density at radius 3 is 2.50 bits per heavy atom. The Hall–Kier alpha value is -1.35. The molecule has 3 rings (SSSR count). The summed E-state index contributed by atoms with van der Waals surface area (Å²) in [6, 6.07) is 8.73. The first-order valence-corrected chi connectivity index (χ1v) is 5.77. The second-order valence-electron chi connectivity index (χ2n) is 4.89. The summed E-state index contributed by atoms with van der Waals surface area (Å²) < 4.78 is 0. The predicted octanol–water partition coefficient (Wildman–Crippen LogP) is 1.41. The molecule has 2 fully saturated rings. The molecular formula is C13H16N2O. The molecule has 2 heterocycles. The zero-order valence-electron chi connectivity index (χ0n) is 9.68. The fraction of sp³-hybridized carbons (Fsp3) is 0.462. The zero-order valence-corrected chi connectivity index (χ0v) is 9.68. The topological polar surface area (TPSA) is 23.6 Å². The smallest absolute Gasteiger partial charge is 0.244 e. The number of carbonyl (C=O) groups is 1. The van der Waals surface area contributed by atoms with E-state index in [9.17, 15) is 4.79 Å². The third kappa shape index (κ3) is 1.28. The number of carbonyl (C=O) groups excluding carboxylic acids is 1. The summed E-state index contributed by atoms with van der Waals surface area (Å²) in [5.41, 5.74) is 2.29. The SMILES string of the molecule is Cc1ccc(N2C(=O)C3CC2CN3C)cc1. The Labute approximate surface area is 95.7 Å². The minimum absolute atomic E-state index is 0.117. The molecule has 2 bridgehead atoms. The number of hydrogen-bond acceptors (Lipinski definition) is 2. The van der Waals surface area contributed by atoms with Crippen LogP contribution in [0, 0.1) is 6.92 Å². The maximum atomic E-state index is 12.1. The quantitative estimate of drug-likeness (QED) is 0.708. The molecule has 84 valence electrons. The van der Waals surface area contributed by atoms with Gasteiger partial charge >= 0.3 is 0 Å². The van der Waals surface area contributed by atoms with E-state index < -0.39 is 0 Å². The van der Waals surface area contributed by atoms with Crippen LogP contribution < -0.4 is 4.90 Å². The number of nitrogens with zero attached hydrogens (tertiary/aromatic N) is 2. The molecular weight excluding hydrogens is 200 g/mol. The summed E-state index contributed by atoms with van der Waals surface area (Å²) in [5.74, 6) is 0.266. The normalized spacial score (nSPS) is 29.1. The van der Waals surface area contributed by atoms with Crippen LogP contribution in [-0.4, -0.2) is 36.5 Å². The second kappa shape index (κ2) is 3.32. The summed E-state index contributed by atoms with van der Waals surface area (Å²) in [6.07, 6.45) is 0.989. The van der Waals surface area contributed by atoms with Crippen LogP contribution in [0.4, 0.5) is 5.69 Å². The lowest BCUT2D eigenvalue weighted by Gasteiger charge is -2.31. The number of likely N-dealkylation sites (N-methyl/N-ethyl adjacent to an activating group) is 1. The number of aryl methyl sites for hydroxylation is 1. The molecule has 3 heteroatoms. The van der Waals surface area contributed by atoms with E-state index in [1.54, 1.807) is 0 Å². The lowest BCUT2D eigenvalue weighted by Crippen LogP contribution is -2.48. The van der Waals surface area contributed by atoms with Gasteiger partial charge in [-0.3, -0.25) is 9.69 Å². The van der Waals surface area contributed by atoms with Gasteiger partial charge in [0.2, 0.25) is 5.91 Å². The van der Waals surface area contributed by atoms with Crippen LogP contribution in [0.15, 0.2) is 24.3 Å². The Morgan fingerprint density at radius 2 is 1.94 bits per heavy atom. The van der Waals surface area contributed by atoms with Crippen molar-refractivity contribution in [1.82, 2.24) is 4.90 Å². The van der Waals surface area contributed by atoms with E-state index in [1.165, 1.54) is 5.56 Å². The molecule has 0 aliphatic carbocycles. The lowest BCUT2D eigenvalue weighted by atomic mass is 10.2. The van der Waals surface area contributed by atoms with Crippen LogP contribution in [0.5, 0.6) is 0 Å². The number of anilines is 1. The maximum absolute atomic E-state index is 12.1. The molecule has 0 radical (unpaired) electrons. The van der Waals surface area contributed by atoms with E-state index in [-0.39, 0.29) is 11.9 Å². The molecule has 0 N–H and O–H groups in total. The van der Waals surface area contributed by atoms with Gasteiger partial charge in [0.1, 0.15) is 0 Å². The summed E-state index contributed by atoms with van der Waals surface area (Å²) in [7, 11) is 2.04. The van der Waals surface area contributed by atoms with Crippen LogP contribution in [0.25, 0.3) is 0 Å². The number of fused-ring (bicyclic) bond motifs is 2. The van der Waals surface area contributed by atoms with Crippen molar-refractivity contribution in [2.24, 2.45) is 0 Å². The van der Waals surface area contributed by atoms with Gasteiger partial charge in [0.05, 0.1) is 12.1 Å². The molecule has 1 aromatic carbocycles. The minimum Gasteiger partial charge on any atom is -0.307 e. The van der Waals surface area contributed by atoms with Crippen molar-refractivity contribution < 1.29 is 4.79 Å². The Morgan fingerprint density at radius 1 is 1.25 bits per heavy atom. The average Bonchev–Trinajstić information content (AvgIpc) is 2.76. The first-order valence-electron chi connectivity index (χ1n) is 5.77. The van der Waals surface area contributed by atoms with Crippen LogP contribution >= 0.6 is 0 Å². The van der Waals surface area contributed by atoms with E-state index in [1.807, 2.05) is 24.1 Å². The van der Waals surface area contributed by atoms with Crippen molar-refractivity contribution in [1.29, 1.82) is 0 Å². The van der Waals surface area contributed by atoms with Gasteiger partial charge in [-0.05, 0) is 32.5 Å². The molecule has 1 amide bonds. The van der Waals surface area contributed by atoms with Crippen LogP contribution in [-0.2, 0) is 4.79 Å². The number of benzene rings is 1. The standard InChI is InChI=1S/C13H16N2O/c1-9-3-5-10(6-4-9)15-11-7-12(13(15)16)14(2)8-11/h3-6,11-12H,7-8H2,1-2H3. The molecule has 2 aliphatic heterocycles. The van der Waals surface area contributed by atoms with Gasteiger partial charge in [-0.1, -0.05) is 17.7 Å². The van der Waals surface area contributed by atoms with Crippen molar-refractivity contribution in [3.63, 3.8) is 0 Å². The van der Waals surface area contributed by atoms with Crippen molar-refractivity contribution in [3.8, 4) is 0 Å². The summed E-state index contributed by atoms with van der Waals surface area (Å²) in [6.45, 7) is 3.07. The molecule has 2 saturated heterocycles. The summed E-state index contributed by atoms with van der Waals surface area (Å²) in [5, 5.41) is 0. The minimum atomic E-state index is 0.117. The zero-order chi connectivity index (χ0) is 11.3. The third-order valence-electron chi connectivity index (χ3n) is 3.73. The number of hydrogen-bond donors (Lipinski definition) is 0. The van der Waals surface area contributed by atoms with Crippen molar-refractivity contribution in [2.45, 2.75) is 25.4 Å². The van der Waals surface area contributed by atoms with E-state index in [2.05, 4.69) is 24.0 Å². The van der Waals surface area contributed by atoms with E-state index in [0.717, 1.165) is 18.7 Å². The van der Waals surface area contributed by atoms with Gasteiger partial charge in [0, 0.05) is 12.2 Å². The predicted molar refractivity (Wildman–Crippen MR) is 63.5 cm³/mol. The van der Waals surface area contributed by atoms with Gasteiger partial charge in [-0.2, -0.15) is 0 Å². The van der Waals surface area contributed by atoms with E-state index >= 15 is 0 Å². The molecule has 3 nitrogen and oxygen atoms in total. The molecule has 16 heavy (non-hydrogen) atoms. The Balaban J connectivity index is 1.92. The summed E-state index contributed by atoms with van der Waals surface area (Å²) >= 11 is 0. The van der Waals surface area contributed by atoms with Crippen LogP contribution in [0.3, 0.4) is 0 Å². The average molecular weight is 216 g/mol. The first-order chi connectivity index (χ1) is 7.66. The molecule has 2 atom stereocenters. The van der Waals surface area contributed by atoms with Gasteiger partial charge in [-0.15, -0.1) is 0 Å². The number of rotatable bonds is 1. The van der Waals surface area contributed by atoms with Gasteiger partial charge in [0.25, 0.3) is 0 Å². The molecule has 0 spiro atoms. The summed E-state index contributed by atoms with van der Waals surface area (Å²) in [4.78, 5) is 16.3. The van der Waals surface area contributed by atoms with Gasteiger partial charge in [0.15, 0.2) is 0 Å². The van der Waals surface area contributed by atoms with Crippen LogP contribution in [0.1, 0.15) is 12.0 Å². The van der Waals surface area contributed by atoms with Gasteiger partial charge in [-0.25, -0.2) is 0 Å². The molecule has 2 aliphatic rings. The number of likely N-dealkylation sites (tertiary alicyclic amines) is 1. The molecule has 1 aromatic rings.